The predicted molar refractivity (Wildman–Crippen MR) is 112 cm³/mol. The number of fused-ring (bicyclic) bond motifs is 2. The van der Waals surface area contributed by atoms with E-state index in [1.54, 1.807) is 11.0 Å². The van der Waals surface area contributed by atoms with Crippen LogP contribution in [0.2, 0.25) is 0 Å². The smallest absolute Gasteiger partial charge is 0.338 e. The third kappa shape index (κ3) is 3.71. The van der Waals surface area contributed by atoms with Gasteiger partial charge in [-0.1, -0.05) is 0 Å². The van der Waals surface area contributed by atoms with E-state index in [0.29, 0.717) is 43.7 Å². The first kappa shape index (κ1) is 22.8. The molecule has 0 unspecified atom stereocenters. The molecular formula is C21H25F3N4O3S. The molecule has 1 N–H and O–H groups in total. The zero-order valence-electron chi connectivity index (χ0n) is 17.8. The summed E-state index contributed by atoms with van der Waals surface area (Å²) < 4.78 is 67.6. The number of benzene rings is 1. The maximum atomic E-state index is 13.4. The number of likely N-dealkylation sites (N-methyl/N-ethyl adjacent to an activating group) is 1. The molecule has 2 aliphatic heterocycles. The van der Waals surface area contributed by atoms with Crippen LogP contribution in [0.4, 0.5) is 13.2 Å². The third-order valence-electron chi connectivity index (χ3n) is 6.70. The van der Waals surface area contributed by atoms with Crippen LogP contribution in [0.3, 0.4) is 0 Å². The number of halogens is 3. The number of amides is 1. The predicted octanol–water partition coefficient (Wildman–Crippen LogP) is 2.49. The van der Waals surface area contributed by atoms with Crippen LogP contribution in [-0.4, -0.2) is 62.4 Å². The Labute approximate surface area is 184 Å². The van der Waals surface area contributed by atoms with Crippen LogP contribution in [-0.2, 0) is 28.3 Å². The van der Waals surface area contributed by atoms with E-state index in [9.17, 15) is 26.4 Å². The molecule has 1 aromatic carbocycles. The molecule has 0 atom stereocenters. The molecule has 3 heterocycles. The summed E-state index contributed by atoms with van der Waals surface area (Å²) in [6, 6.07) is 8.43. The van der Waals surface area contributed by atoms with Gasteiger partial charge in [0.15, 0.2) is 0 Å². The summed E-state index contributed by atoms with van der Waals surface area (Å²) in [6.07, 6.45) is -3.37. The Bertz CT molecular complexity index is 1120. The van der Waals surface area contributed by atoms with E-state index in [1.165, 1.54) is 35.9 Å². The van der Waals surface area contributed by atoms with Crippen LogP contribution >= 0.6 is 0 Å². The zero-order chi connectivity index (χ0) is 23.3. The van der Waals surface area contributed by atoms with E-state index in [1.807, 2.05) is 7.05 Å². The molecule has 0 saturated carbocycles. The number of nitrogens with one attached hydrogen (secondary N) is 1. The summed E-state index contributed by atoms with van der Waals surface area (Å²) in [5, 5.41) is 0. The van der Waals surface area contributed by atoms with Gasteiger partial charge in [-0.15, -0.1) is 0 Å². The number of carbonyl (C=O) groups excluding carboxylic acids is 1. The number of carbonyl (C=O) groups is 1. The summed E-state index contributed by atoms with van der Waals surface area (Å²) in [5.41, 5.74) is -0.165. The second-order valence-corrected chi connectivity index (χ2v) is 10.1. The van der Waals surface area contributed by atoms with Crippen LogP contribution in [0.5, 0.6) is 0 Å². The van der Waals surface area contributed by atoms with Crippen molar-refractivity contribution in [1.29, 1.82) is 0 Å². The van der Waals surface area contributed by atoms with E-state index in [2.05, 4.69) is 9.62 Å². The molecule has 1 fully saturated rings. The summed E-state index contributed by atoms with van der Waals surface area (Å²) in [7, 11) is -0.357. The van der Waals surface area contributed by atoms with E-state index < -0.39 is 27.4 Å². The van der Waals surface area contributed by atoms with Crippen LogP contribution in [0, 0.1) is 0 Å². The molecule has 1 saturated heterocycles. The molecule has 1 aromatic heterocycles. The Morgan fingerprint density at radius 2 is 1.62 bits per heavy atom. The lowest BCUT2D eigenvalue weighted by atomic mass is 9.81. The summed E-state index contributed by atoms with van der Waals surface area (Å²) in [5.74, 6) is -0.224. The summed E-state index contributed by atoms with van der Waals surface area (Å²) >= 11 is 0. The minimum Gasteiger partial charge on any atom is -0.338 e. The number of piperidine rings is 1. The Morgan fingerprint density at radius 1 is 1.00 bits per heavy atom. The molecule has 2 aliphatic rings. The standard InChI is InChI=1S/C21H25F3N4O3S/c1-25-32(30,31)16-5-3-15(4-6-16)19(29)27-11-9-20(10-12-27)17-7-8-18(21(22,23)24)28(17)14-13-26(20)2/h3-8,25H,9-14H2,1-2H3. The minimum absolute atomic E-state index is 0.0687. The molecule has 1 spiro atoms. The average Bonchev–Trinajstić information content (AvgIpc) is 3.22. The number of hydrogen-bond donors (Lipinski definition) is 1. The lowest BCUT2D eigenvalue weighted by molar-refractivity contribution is -0.144. The van der Waals surface area contributed by atoms with E-state index >= 15 is 0 Å². The van der Waals surface area contributed by atoms with Gasteiger partial charge in [0.05, 0.1) is 10.4 Å². The van der Waals surface area contributed by atoms with Gasteiger partial charge in [-0.05, 0) is 63.3 Å². The van der Waals surface area contributed by atoms with Gasteiger partial charge < -0.3 is 9.47 Å². The third-order valence-corrected chi connectivity index (χ3v) is 8.13. The van der Waals surface area contributed by atoms with Crippen molar-refractivity contribution in [2.45, 2.75) is 36.0 Å². The number of rotatable bonds is 3. The van der Waals surface area contributed by atoms with Crippen molar-refractivity contribution in [3.8, 4) is 0 Å². The monoisotopic (exact) mass is 470 g/mol. The number of nitrogens with zero attached hydrogens (tertiary/aromatic N) is 3. The van der Waals surface area contributed by atoms with E-state index in [-0.39, 0.29) is 17.3 Å². The second-order valence-electron chi connectivity index (χ2n) is 8.23. The first-order valence-corrected chi connectivity index (χ1v) is 11.8. The molecule has 32 heavy (non-hydrogen) atoms. The van der Waals surface area contributed by atoms with Gasteiger partial charge in [0.25, 0.3) is 5.91 Å². The highest BCUT2D eigenvalue weighted by Crippen LogP contribution is 2.44. The lowest BCUT2D eigenvalue weighted by Crippen LogP contribution is -2.56. The van der Waals surface area contributed by atoms with Crippen molar-refractivity contribution in [3.05, 3.63) is 53.3 Å². The van der Waals surface area contributed by atoms with Gasteiger partial charge in [-0.25, -0.2) is 13.1 Å². The normalized spacial score (nSPS) is 19.2. The SMILES string of the molecule is CNS(=O)(=O)c1ccc(C(=O)N2CCC3(CC2)c2ccc(C(F)(F)F)n2CCN3C)cc1. The molecule has 2 aromatic rings. The van der Waals surface area contributed by atoms with Gasteiger partial charge in [0.1, 0.15) is 5.69 Å². The maximum absolute atomic E-state index is 13.4. The largest absolute Gasteiger partial charge is 0.431 e. The first-order valence-electron chi connectivity index (χ1n) is 10.3. The fourth-order valence-electron chi connectivity index (χ4n) is 4.82. The molecule has 1 amide bonds. The Kier molecular flexibility index (Phi) is 5.62. The number of sulfonamides is 1. The number of aromatic nitrogens is 1. The van der Waals surface area contributed by atoms with E-state index in [4.69, 9.17) is 0 Å². The highest BCUT2D eigenvalue weighted by Gasteiger charge is 2.47. The lowest BCUT2D eigenvalue weighted by Gasteiger charge is -2.50. The van der Waals surface area contributed by atoms with Crippen molar-refractivity contribution in [2.24, 2.45) is 0 Å². The molecule has 0 bridgehead atoms. The van der Waals surface area contributed by atoms with Crippen molar-refractivity contribution in [1.82, 2.24) is 19.1 Å². The molecule has 4 rings (SSSR count). The van der Waals surface area contributed by atoms with Crippen LogP contribution < -0.4 is 4.72 Å². The van der Waals surface area contributed by atoms with E-state index in [0.717, 1.165) is 6.07 Å². The maximum Gasteiger partial charge on any atom is 0.431 e. The summed E-state index contributed by atoms with van der Waals surface area (Å²) in [6.45, 7) is 1.57. The Hall–Kier alpha value is -2.37. The highest BCUT2D eigenvalue weighted by atomic mass is 32.2. The highest BCUT2D eigenvalue weighted by molar-refractivity contribution is 7.89. The molecule has 0 radical (unpaired) electrons. The summed E-state index contributed by atoms with van der Waals surface area (Å²) in [4.78, 5) is 16.8. The molecule has 11 heteroatoms. The fourth-order valence-corrected chi connectivity index (χ4v) is 5.55. The molecule has 174 valence electrons. The van der Waals surface area contributed by atoms with Crippen molar-refractivity contribution in [2.75, 3.05) is 33.7 Å². The Morgan fingerprint density at radius 3 is 2.19 bits per heavy atom. The molecule has 0 aliphatic carbocycles. The quantitative estimate of drug-likeness (QED) is 0.748. The number of likely N-dealkylation sites (tertiary alicyclic amines) is 1. The average molecular weight is 471 g/mol. The van der Waals surface area contributed by atoms with Crippen LogP contribution in [0.25, 0.3) is 0 Å². The van der Waals surface area contributed by atoms with Crippen molar-refractivity contribution < 1.29 is 26.4 Å². The molecular weight excluding hydrogens is 445 g/mol. The van der Waals surface area contributed by atoms with Gasteiger partial charge >= 0.3 is 6.18 Å². The van der Waals surface area contributed by atoms with Crippen LogP contribution in [0.15, 0.2) is 41.3 Å². The second kappa shape index (κ2) is 7.89. The van der Waals surface area contributed by atoms with Gasteiger partial charge in [0.2, 0.25) is 10.0 Å². The minimum atomic E-state index is -4.40. The zero-order valence-corrected chi connectivity index (χ0v) is 18.6. The topological polar surface area (TPSA) is 74.6 Å². The van der Waals surface area contributed by atoms with Gasteiger partial charge in [-0.2, -0.15) is 13.2 Å². The number of alkyl halides is 3. The first-order chi connectivity index (χ1) is 15.0. The molecule has 7 nitrogen and oxygen atoms in total. The van der Waals surface area contributed by atoms with Gasteiger partial charge in [0, 0.05) is 37.4 Å². The van der Waals surface area contributed by atoms with Crippen LogP contribution in [0.1, 0.15) is 34.6 Å². The fraction of sp³-hybridized carbons (Fsp3) is 0.476. The Balaban J connectivity index is 1.53. The van der Waals surface area contributed by atoms with Crippen molar-refractivity contribution >= 4 is 15.9 Å². The number of hydrogen-bond acceptors (Lipinski definition) is 4. The van der Waals surface area contributed by atoms with Crippen molar-refractivity contribution in [3.63, 3.8) is 0 Å². The van der Waals surface area contributed by atoms with Gasteiger partial charge in [-0.3, -0.25) is 9.69 Å².